The molecule has 0 saturated heterocycles. The Morgan fingerprint density at radius 1 is 0.758 bits per heavy atom. The molecule has 0 unspecified atom stereocenters. The fraction of sp³-hybridized carbons (Fsp3) is 0.200. The molecule has 0 heterocycles. The summed E-state index contributed by atoms with van der Waals surface area (Å²) in [6.07, 6.45) is 0.853. The second-order valence-electron chi connectivity index (χ2n) is 7.72. The van der Waals surface area contributed by atoms with Crippen LogP contribution in [0.1, 0.15) is 45.2 Å². The van der Waals surface area contributed by atoms with E-state index in [2.05, 4.69) is 15.4 Å². The van der Waals surface area contributed by atoms with Crippen LogP contribution in [0, 0.1) is 13.8 Å². The Kier molecular flexibility index (Phi) is 7.50. The molecule has 3 aromatic rings. The second kappa shape index (κ2) is 10.3. The molecule has 0 atom stereocenters. The minimum Gasteiger partial charge on any atom is -0.352 e. The molecular weight excluding hydrogens is 438 g/mol. The van der Waals surface area contributed by atoms with Gasteiger partial charge in [-0.25, -0.2) is 8.42 Å². The van der Waals surface area contributed by atoms with Crippen LogP contribution in [0.2, 0.25) is 0 Å². The van der Waals surface area contributed by atoms with Crippen molar-refractivity contribution in [2.45, 2.75) is 32.1 Å². The zero-order chi connectivity index (χ0) is 24.0. The Labute approximate surface area is 194 Å². The molecule has 0 saturated carbocycles. The highest BCUT2D eigenvalue weighted by molar-refractivity contribution is 7.92. The van der Waals surface area contributed by atoms with E-state index < -0.39 is 10.0 Å². The number of carbonyl (C=O) groups is 2. The van der Waals surface area contributed by atoms with Crippen LogP contribution in [0.15, 0.2) is 71.6 Å². The first-order valence-electron chi connectivity index (χ1n) is 10.6. The zero-order valence-corrected chi connectivity index (χ0v) is 19.6. The first-order chi connectivity index (χ1) is 15.7. The number of aryl methyl sites for hydroxylation is 2. The second-order valence-corrected chi connectivity index (χ2v) is 9.40. The van der Waals surface area contributed by atoms with Crippen molar-refractivity contribution in [3.8, 4) is 0 Å². The van der Waals surface area contributed by atoms with Crippen molar-refractivity contribution in [2.75, 3.05) is 16.6 Å². The van der Waals surface area contributed by atoms with Gasteiger partial charge in [0.15, 0.2) is 0 Å². The van der Waals surface area contributed by atoms with E-state index in [1.54, 1.807) is 54.6 Å². The number of nitrogens with one attached hydrogen (secondary N) is 3. The van der Waals surface area contributed by atoms with Crippen molar-refractivity contribution in [3.05, 3.63) is 89.0 Å². The fourth-order valence-electron chi connectivity index (χ4n) is 3.03. The minimum absolute atomic E-state index is 0.159. The Morgan fingerprint density at radius 2 is 1.33 bits per heavy atom. The normalized spacial score (nSPS) is 11.0. The predicted octanol–water partition coefficient (Wildman–Crippen LogP) is 4.50. The molecule has 0 fully saturated rings. The van der Waals surface area contributed by atoms with E-state index in [9.17, 15) is 18.0 Å². The first kappa shape index (κ1) is 24.0. The molecule has 0 aromatic heterocycles. The first-order valence-corrected chi connectivity index (χ1v) is 12.1. The van der Waals surface area contributed by atoms with Crippen LogP contribution in [0.3, 0.4) is 0 Å². The molecule has 0 aliphatic rings. The lowest BCUT2D eigenvalue weighted by Crippen LogP contribution is -2.23. The lowest BCUT2D eigenvalue weighted by Gasteiger charge is -2.11. The summed E-state index contributed by atoms with van der Waals surface area (Å²) in [5.41, 5.74) is 3.69. The van der Waals surface area contributed by atoms with Gasteiger partial charge in [0.1, 0.15) is 0 Å². The number of hydrogen-bond donors (Lipinski definition) is 3. The maximum atomic E-state index is 12.6. The average Bonchev–Trinajstić information content (AvgIpc) is 2.79. The standard InChI is InChI=1S/C25H27N3O4S/c1-4-15-26-24(29)19-6-10-21(11-7-19)27-25(30)20-8-12-22(13-9-20)28-33(31,32)23-14-5-17(2)18(3)16-23/h5-14,16,28H,4,15H2,1-3H3,(H,26,29)(H,27,30). The third-order valence-corrected chi connectivity index (χ3v) is 6.51. The molecule has 3 rings (SSSR count). The van der Waals surface area contributed by atoms with Crippen LogP contribution in [0.5, 0.6) is 0 Å². The van der Waals surface area contributed by atoms with Crippen LogP contribution < -0.4 is 15.4 Å². The number of sulfonamides is 1. The summed E-state index contributed by atoms with van der Waals surface area (Å²) in [5, 5.41) is 5.56. The monoisotopic (exact) mass is 465 g/mol. The Balaban J connectivity index is 1.64. The van der Waals surface area contributed by atoms with Crippen molar-refractivity contribution in [2.24, 2.45) is 0 Å². The molecule has 3 aromatic carbocycles. The van der Waals surface area contributed by atoms with Crippen molar-refractivity contribution in [3.63, 3.8) is 0 Å². The van der Waals surface area contributed by atoms with Crippen LogP contribution in [-0.4, -0.2) is 26.8 Å². The number of hydrogen-bond acceptors (Lipinski definition) is 4. The maximum Gasteiger partial charge on any atom is 0.261 e. The predicted molar refractivity (Wildman–Crippen MR) is 130 cm³/mol. The van der Waals surface area contributed by atoms with Crippen molar-refractivity contribution < 1.29 is 18.0 Å². The van der Waals surface area contributed by atoms with Crippen molar-refractivity contribution in [1.82, 2.24) is 5.32 Å². The number of anilines is 2. The minimum atomic E-state index is -3.73. The average molecular weight is 466 g/mol. The van der Waals surface area contributed by atoms with Gasteiger partial charge >= 0.3 is 0 Å². The molecule has 0 spiro atoms. The Hall–Kier alpha value is -3.65. The summed E-state index contributed by atoms with van der Waals surface area (Å²) in [7, 11) is -3.73. The lowest BCUT2D eigenvalue weighted by molar-refractivity contribution is 0.0953. The highest BCUT2D eigenvalue weighted by Crippen LogP contribution is 2.20. The van der Waals surface area contributed by atoms with Crippen molar-refractivity contribution >= 4 is 33.2 Å². The molecule has 0 bridgehead atoms. The highest BCUT2D eigenvalue weighted by Gasteiger charge is 2.15. The van der Waals surface area contributed by atoms with Gasteiger partial charge in [0, 0.05) is 29.0 Å². The summed E-state index contributed by atoms with van der Waals surface area (Å²) >= 11 is 0. The molecule has 0 aliphatic heterocycles. The van der Waals surface area contributed by atoms with E-state index in [4.69, 9.17) is 0 Å². The van der Waals surface area contributed by atoms with Crippen LogP contribution in [0.4, 0.5) is 11.4 Å². The molecule has 33 heavy (non-hydrogen) atoms. The quantitative estimate of drug-likeness (QED) is 0.456. The molecule has 8 heteroatoms. The molecule has 0 aliphatic carbocycles. The van der Waals surface area contributed by atoms with Gasteiger partial charge in [-0.3, -0.25) is 14.3 Å². The Morgan fingerprint density at radius 3 is 1.91 bits per heavy atom. The van der Waals surface area contributed by atoms with Crippen molar-refractivity contribution in [1.29, 1.82) is 0 Å². The topological polar surface area (TPSA) is 104 Å². The summed E-state index contributed by atoms with van der Waals surface area (Å²) in [6.45, 7) is 6.36. The molecule has 7 nitrogen and oxygen atoms in total. The summed E-state index contributed by atoms with van der Waals surface area (Å²) in [4.78, 5) is 24.7. The smallest absolute Gasteiger partial charge is 0.261 e. The maximum absolute atomic E-state index is 12.6. The van der Waals surface area contributed by atoms with E-state index in [1.807, 2.05) is 20.8 Å². The van der Waals surface area contributed by atoms with Gasteiger partial charge in [0.05, 0.1) is 4.90 Å². The van der Waals surface area contributed by atoms with Crippen LogP contribution >= 0.6 is 0 Å². The van der Waals surface area contributed by atoms with E-state index in [0.29, 0.717) is 29.0 Å². The van der Waals surface area contributed by atoms with Gasteiger partial charge in [-0.1, -0.05) is 13.0 Å². The summed E-state index contributed by atoms with van der Waals surface area (Å²) in [6, 6.07) is 17.7. The van der Waals surface area contributed by atoms with E-state index in [-0.39, 0.29) is 16.7 Å². The summed E-state index contributed by atoms with van der Waals surface area (Å²) < 4.78 is 27.8. The van der Waals surface area contributed by atoms with Gasteiger partial charge < -0.3 is 10.6 Å². The summed E-state index contributed by atoms with van der Waals surface area (Å²) in [5.74, 6) is -0.504. The molecule has 3 N–H and O–H groups in total. The lowest BCUT2D eigenvalue weighted by atomic mass is 10.1. The van der Waals surface area contributed by atoms with E-state index in [0.717, 1.165) is 17.5 Å². The highest BCUT2D eigenvalue weighted by atomic mass is 32.2. The molecule has 2 amide bonds. The van der Waals surface area contributed by atoms with Gasteiger partial charge in [-0.2, -0.15) is 0 Å². The van der Waals surface area contributed by atoms with E-state index in [1.165, 1.54) is 12.1 Å². The number of amides is 2. The molecular formula is C25H27N3O4S. The van der Waals surface area contributed by atoms with Gasteiger partial charge in [0.25, 0.3) is 21.8 Å². The fourth-order valence-corrected chi connectivity index (χ4v) is 4.18. The van der Waals surface area contributed by atoms with Gasteiger partial charge in [0.2, 0.25) is 0 Å². The number of rotatable bonds is 8. The van der Waals surface area contributed by atoms with Crippen LogP contribution in [0.25, 0.3) is 0 Å². The third-order valence-electron chi connectivity index (χ3n) is 5.13. The van der Waals surface area contributed by atoms with Gasteiger partial charge in [-0.05, 0) is 92.1 Å². The van der Waals surface area contributed by atoms with Gasteiger partial charge in [-0.15, -0.1) is 0 Å². The zero-order valence-electron chi connectivity index (χ0n) is 18.8. The SMILES string of the molecule is CCCNC(=O)c1ccc(NC(=O)c2ccc(NS(=O)(=O)c3ccc(C)c(C)c3)cc2)cc1. The van der Waals surface area contributed by atoms with E-state index >= 15 is 0 Å². The van der Waals surface area contributed by atoms with Crippen LogP contribution in [-0.2, 0) is 10.0 Å². The Bertz CT molecular complexity index is 1250. The third kappa shape index (κ3) is 6.20. The molecule has 172 valence electrons. The number of carbonyl (C=O) groups excluding carboxylic acids is 2. The molecule has 0 radical (unpaired) electrons. The largest absolute Gasteiger partial charge is 0.352 e. The number of benzene rings is 3.